The third kappa shape index (κ3) is 3.39. The van der Waals surface area contributed by atoms with Crippen LogP contribution in [0.25, 0.3) is 0 Å². The standard InChI is InChI=1S/C15H18N2O4/c1-9(14(19)17-15(20)16-2)21-13-8-4-5-10-11(13)6-3-7-12(10)18/h4-5,8-9H,3,6-7H2,1-2H3,(H2,16,17,19,20). The second-order valence-electron chi connectivity index (χ2n) is 4.89. The first-order valence-corrected chi connectivity index (χ1v) is 6.87. The maximum absolute atomic E-state index is 11.9. The van der Waals surface area contributed by atoms with Crippen molar-refractivity contribution >= 4 is 17.7 Å². The Kier molecular flexibility index (Phi) is 4.57. The molecule has 0 saturated heterocycles. The summed E-state index contributed by atoms with van der Waals surface area (Å²) in [5, 5.41) is 4.46. The number of hydrogen-bond donors (Lipinski definition) is 2. The van der Waals surface area contributed by atoms with E-state index in [1.807, 2.05) is 0 Å². The van der Waals surface area contributed by atoms with E-state index in [0.717, 1.165) is 18.4 Å². The number of imide groups is 1. The fourth-order valence-electron chi connectivity index (χ4n) is 2.28. The van der Waals surface area contributed by atoms with Gasteiger partial charge in [-0.05, 0) is 25.8 Å². The lowest BCUT2D eigenvalue weighted by molar-refractivity contribution is -0.126. The van der Waals surface area contributed by atoms with E-state index in [1.165, 1.54) is 7.05 Å². The quantitative estimate of drug-likeness (QED) is 0.882. The maximum Gasteiger partial charge on any atom is 0.321 e. The van der Waals surface area contributed by atoms with Crippen LogP contribution in [0.5, 0.6) is 5.75 Å². The lowest BCUT2D eigenvalue weighted by Gasteiger charge is -2.21. The number of carbonyl (C=O) groups excluding carboxylic acids is 3. The molecule has 1 aliphatic carbocycles. The maximum atomic E-state index is 11.9. The van der Waals surface area contributed by atoms with E-state index >= 15 is 0 Å². The van der Waals surface area contributed by atoms with Crippen LogP contribution in [0.4, 0.5) is 4.79 Å². The SMILES string of the molecule is CNC(=O)NC(=O)C(C)Oc1cccc2c1CCCC2=O. The number of nitrogens with one attached hydrogen (secondary N) is 2. The predicted octanol–water partition coefficient (Wildman–Crippen LogP) is 1.43. The van der Waals surface area contributed by atoms with Gasteiger partial charge in [-0.2, -0.15) is 0 Å². The number of ether oxygens (including phenoxy) is 1. The van der Waals surface area contributed by atoms with Gasteiger partial charge in [0.05, 0.1) is 0 Å². The van der Waals surface area contributed by atoms with Crippen LogP contribution in [0.1, 0.15) is 35.7 Å². The molecule has 1 aromatic carbocycles. The largest absolute Gasteiger partial charge is 0.481 e. The number of fused-ring (bicyclic) bond motifs is 1. The van der Waals surface area contributed by atoms with E-state index in [2.05, 4.69) is 10.6 Å². The molecule has 0 heterocycles. The third-order valence-electron chi connectivity index (χ3n) is 3.40. The van der Waals surface area contributed by atoms with Crippen molar-refractivity contribution in [3.63, 3.8) is 0 Å². The molecule has 0 aromatic heterocycles. The lowest BCUT2D eigenvalue weighted by atomic mass is 9.90. The first-order valence-electron chi connectivity index (χ1n) is 6.87. The summed E-state index contributed by atoms with van der Waals surface area (Å²) in [5.41, 5.74) is 1.51. The van der Waals surface area contributed by atoms with Gasteiger partial charge in [0.15, 0.2) is 11.9 Å². The fraction of sp³-hybridized carbons (Fsp3) is 0.400. The summed E-state index contributed by atoms with van der Waals surface area (Å²) < 4.78 is 5.62. The van der Waals surface area contributed by atoms with Crippen LogP contribution in [0.3, 0.4) is 0 Å². The number of carbonyl (C=O) groups is 3. The number of hydrogen-bond acceptors (Lipinski definition) is 4. The predicted molar refractivity (Wildman–Crippen MR) is 76.4 cm³/mol. The van der Waals surface area contributed by atoms with Crippen LogP contribution in [-0.2, 0) is 11.2 Å². The molecule has 6 heteroatoms. The Bertz CT molecular complexity index is 583. The van der Waals surface area contributed by atoms with Gasteiger partial charge in [0.2, 0.25) is 0 Å². The normalized spacial score (nSPS) is 14.9. The molecule has 1 unspecified atom stereocenters. The van der Waals surface area contributed by atoms with Gasteiger partial charge >= 0.3 is 6.03 Å². The average molecular weight is 290 g/mol. The molecule has 2 rings (SSSR count). The monoisotopic (exact) mass is 290 g/mol. The highest BCUT2D eigenvalue weighted by Crippen LogP contribution is 2.30. The Balaban J connectivity index is 2.13. The average Bonchev–Trinajstić information content (AvgIpc) is 2.48. The van der Waals surface area contributed by atoms with Gasteiger partial charge in [0, 0.05) is 24.6 Å². The van der Waals surface area contributed by atoms with Crippen LogP contribution < -0.4 is 15.4 Å². The smallest absolute Gasteiger partial charge is 0.321 e. The molecule has 3 amide bonds. The minimum Gasteiger partial charge on any atom is -0.481 e. The molecule has 1 aliphatic rings. The first-order chi connectivity index (χ1) is 10.0. The van der Waals surface area contributed by atoms with E-state index in [9.17, 15) is 14.4 Å². The molecule has 0 fully saturated rings. The van der Waals surface area contributed by atoms with Gasteiger partial charge in [0.25, 0.3) is 5.91 Å². The van der Waals surface area contributed by atoms with Crippen molar-refractivity contribution < 1.29 is 19.1 Å². The van der Waals surface area contributed by atoms with Crippen LogP contribution in [0.15, 0.2) is 18.2 Å². The number of rotatable bonds is 3. The molecule has 112 valence electrons. The van der Waals surface area contributed by atoms with E-state index in [0.29, 0.717) is 17.7 Å². The van der Waals surface area contributed by atoms with Crippen molar-refractivity contribution in [1.29, 1.82) is 0 Å². The summed E-state index contributed by atoms with van der Waals surface area (Å²) in [7, 11) is 1.42. The number of ketones is 1. The summed E-state index contributed by atoms with van der Waals surface area (Å²) in [6.07, 6.45) is 1.25. The summed E-state index contributed by atoms with van der Waals surface area (Å²) in [4.78, 5) is 34.8. The van der Waals surface area contributed by atoms with Crippen molar-refractivity contribution in [3.05, 3.63) is 29.3 Å². The molecule has 21 heavy (non-hydrogen) atoms. The van der Waals surface area contributed by atoms with Crippen molar-refractivity contribution in [2.24, 2.45) is 0 Å². The Hall–Kier alpha value is -2.37. The first kappa shape index (κ1) is 15.0. The van der Waals surface area contributed by atoms with Crippen LogP contribution in [0.2, 0.25) is 0 Å². The minimum atomic E-state index is -0.828. The molecule has 0 spiro atoms. The Morgan fingerprint density at radius 3 is 2.76 bits per heavy atom. The van der Waals surface area contributed by atoms with Crippen LogP contribution in [0, 0.1) is 0 Å². The highest BCUT2D eigenvalue weighted by Gasteiger charge is 2.23. The number of benzene rings is 1. The van der Waals surface area contributed by atoms with E-state index in [1.54, 1.807) is 25.1 Å². The van der Waals surface area contributed by atoms with Crippen LogP contribution in [-0.4, -0.2) is 30.9 Å². The van der Waals surface area contributed by atoms with E-state index in [-0.39, 0.29) is 5.78 Å². The number of urea groups is 1. The highest BCUT2D eigenvalue weighted by atomic mass is 16.5. The molecule has 0 saturated carbocycles. The zero-order chi connectivity index (χ0) is 15.4. The molecule has 0 radical (unpaired) electrons. The van der Waals surface area contributed by atoms with Gasteiger partial charge in [0.1, 0.15) is 5.75 Å². The third-order valence-corrected chi connectivity index (χ3v) is 3.40. The van der Waals surface area contributed by atoms with E-state index < -0.39 is 18.0 Å². The summed E-state index contributed by atoms with van der Waals surface area (Å²) in [6.45, 7) is 1.56. The Morgan fingerprint density at radius 1 is 1.29 bits per heavy atom. The van der Waals surface area contributed by atoms with Gasteiger partial charge in [-0.15, -0.1) is 0 Å². The Morgan fingerprint density at radius 2 is 2.05 bits per heavy atom. The van der Waals surface area contributed by atoms with Gasteiger partial charge in [-0.3, -0.25) is 14.9 Å². The number of amides is 3. The zero-order valence-corrected chi connectivity index (χ0v) is 12.1. The summed E-state index contributed by atoms with van der Waals surface area (Å²) in [5.74, 6) is 0.0957. The molecule has 1 aromatic rings. The second-order valence-corrected chi connectivity index (χ2v) is 4.89. The minimum absolute atomic E-state index is 0.101. The van der Waals surface area contributed by atoms with Crippen molar-refractivity contribution in [1.82, 2.24) is 10.6 Å². The van der Waals surface area contributed by atoms with Crippen molar-refractivity contribution in [2.45, 2.75) is 32.3 Å². The second kappa shape index (κ2) is 6.39. The van der Waals surface area contributed by atoms with Crippen molar-refractivity contribution in [2.75, 3.05) is 7.05 Å². The summed E-state index contributed by atoms with van der Waals surface area (Å²) >= 11 is 0. The molecular weight excluding hydrogens is 272 g/mol. The topological polar surface area (TPSA) is 84.5 Å². The molecule has 0 aliphatic heterocycles. The van der Waals surface area contributed by atoms with E-state index in [4.69, 9.17) is 4.74 Å². The van der Waals surface area contributed by atoms with Gasteiger partial charge in [-0.25, -0.2) is 4.79 Å². The number of Topliss-reactive ketones (excluding diaryl/α,β-unsaturated/α-hetero) is 1. The molecule has 0 bridgehead atoms. The fourth-order valence-corrected chi connectivity index (χ4v) is 2.28. The van der Waals surface area contributed by atoms with Crippen molar-refractivity contribution in [3.8, 4) is 5.75 Å². The highest BCUT2D eigenvalue weighted by molar-refractivity contribution is 5.99. The lowest BCUT2D eigenvalue weighted by Crippen LogP contribution is -2.44. The molecular formula is C15H18N2O4. The molecule has 6 nitrogen and oxygen atoms in total. The van der Waals surface area contributed by atoms with Gasteiger partial charge in [-0.1, -0.05) is 12.1 Å². The Labute approximate surface area is 122 Å². The van der Waals surface area contributed by atoms with Gasteiger partial charge < -0.3 is 10.1 Å². The molecule has 2 N–H and O–H groups in total. The summed E-state index contributed by atoms with van der Waals surface area (Å²) in [6, 6.07) is 4.67. The van der Waals surface area contributed by atoms with Crippen LogP contribution >= 0.6 is 0 Å². The molecule has 1 atom stereocenters. The zero-order valence-electron chi connectivity index (χ0n) is 12.1.